The molecule has 1 aromatic heterocycles. The number of hydrogen-bond donors (Lipinski definition) is 1. The van der Waals surface area contributed by atoms with E-state index in [1.165, 1.54) is 16.8 Å². The lowest BCUT2D eigenvalue weighted by Gasteiger charge is -2.39. The molecule has 52 heavy (non-hydrogen) atoms. The number of nitrogens with zero attached hydrogens (tertiary/aromatic N) is 3. The Kier molecular flexibility index (Phi) is 13.4. The summed E-state index contributed by atoms with van der Waals surface area (Å²) in [6.07, 6.45) is 1.01. The van der Waals surface area contributed by atoms with Crippen LogP contribution in [0.25, 0.3) is 0 Å². The first-order chi connectivity index (χ1) is 25.1. The number of hydrogen-bond acceptors (Lipinski definition) is 10. The van der Waals surface area contributed by atoms with Crippen molar-refractivity contribution < 1.29 is 28.0 Å². The SMILES string of the molecule is COc1ccc(C(OC[C@H]2O[C@@H](n3ccc(=O)[nH]c3=O)[CH][C@H]2OP(OCCC#N)N(C(C)C)C(C)C)(c2ccccc2)c2ccc(OC)cc2)cc1. The Morgan fingerprint density at radius 3 is 1.98 bits per heavy atom. The van der Waals surface area contributed by atoms with Gasteiger partial charge in [0.2, 0.25) is 0 Å². The number of nitriles is 1. The van der Waals surface area contributed by atoms with Gasteiger partial charge >= 0.3 is 5.69 Å². The van der Waals surface area contributed by atoms with Gasteiger partial charge in [-0.25, -0.2) is 9.46 Å². The van der Waals surface area contributed by atoms with Gasteiger partial charge in [-0.05, 0) is 68.7 Å². The molecule has 1 saturated heterocycles. The minimum atomic E-state index is -1.69. The lowest BCUT2D eigenvalue weighted by molar-refractivity contribution is -0.0922. The van der Waals surface area contributed by atoms with E-state index in [2.05, 4.69) is 43.4 Å². The maximum Gasteiger partial charge on any atom is 0.330 e. The van der Waals surface area contributed by atoms with Crippen molar-refractivity contribution in [3.63, 3.8) is 0 Å². The van der Waals surface area contributed by atoms with Crippen molar-refractivity contribution in [3.05, 3.63) is 135 Å². The van der Waals surface area contributed by atoms with Crippen molar-refractivity contribution in [2.45, 2.75) is 70.2 Å². The third-order valence-electron chi connectivity index (χ3n) is 8.67. The fraction of sp³-hybridized carbons (Fsp3) is 0.385. The average molecular weight is 730 g/mol. The maximum atomic E-state index is 13.0. The Hall–Kier alpha value is -4.34. The Labute approximate surface area is 305 Å². The smallest absolute Gasteiger partial charge is 0.330 e. The Morgan fingerprint density at radius 2 is 1.46 bits per heavy atom. The molecule has 0 amide bonds. The molecular formula is C39H46N4O8P. The van der Waals surface area contributed by atoms with Gasteiger partial charge in [0, 0.05) is 30.8 Å². The molecule has 3 aromatic carbocycles. The van der Waals surface area contributed by atoms with E-state index < -0.39 is 43.8 Å². The number of methoxy groups -OCH3 is 2. The number of rotatable bonds is 17. The highest BCUT2D eigenvalue weighted by atomic mass is 31.2. The second kappa shape index (κ2) is 17.9. The summed E-state index contributed by atoms with van der Waals surface area (Å²) in [5.74, 6) is 1.39. The van der Waals surface area contributed by atoms with Crippen LogP contribution in [0.2, 0.25) is 0 Å². The predicted molar refractivity (Wildman–Crippen MR) is 198 cm³/mol. The predicted octanol–water partition coefficient (Wildman–Crippen LogP) is 6.33. The Balaban J connectivity index is 1.59. The quantitative estimate of drug-likeness (QED) is 0.0747. The molecule has 2 heterocycles. The number of ether oxygens (including phenoxy) is 4. The summed E-state index contributed by atoms with van der Waals surface area (Å²) >= 11 is 0. The number of nitrogens with one attached hydrogen (secondary N) is 1. The molecule has 4 atom stereocenters. The van der Waals surface area contributed by atoms with Crippen LogP contribution in [0.5, 0.6) is 11.5 Å². The topological polar surface area (TPSA) is 137 Å². The van der Waals surface area contributed by atoms with Crippen molar-refractivity contribution >= 4 is 8.53 Å². The van der Waals surface area contributed by atoms with E-state index >= 15 is 0 Å². The van der Waals surface area contributed by atoms with E-state index in [9.17, 15) is 14.9 Å². The van der Waals surface area contributed by atoms with Crippen LogP contribution in [0.4, 0.5) is 0 Å². The van der Waals surface area contributed by atoms with Crippen LogP contribution < -0.4 is 20.7 Å². The van der Waals surface area contributed by atoms with Crippen LogP contribution in [0.3, 0.4) is 0 Å². The molecule has 1 unspecified atom stereocenters. The van der Waals surface area contributed by atoms with Crippen LogP contribution in [-0.2, 0) is 24.1 Å². The number of H-pyrrole nitrogens is 1. The van der Waals surface area contributed by atoms with Gasteiger partial charge in [-0.3, -0.25) is 14.3 Å². The fourth-order valence-corrected chi connectivity index (χ4v) is 8.01. The zero-order valence-corrected chi connectivity index (χ0v) is 31.2. The van der Waals surface area contributed by atoms with Crippen molar-refractivity contribution in [2.24, 2.45) is 0 Å². The summed E-state index contributed by atoms with van der Waals surface area (Å²) in [4.78, 5) is 27.2. The first-order valence-electron chi connectivity index (χ1n) is 17.2. The molecule has 0 aliphatic carbocycles. The molecule has 0 spiro atoms. The maximum absolute atomic E-state index is 13.0. The van der Waals surface area contributed by atoms with Crippen molar-refractivity contribution in [2.75, 3.05) is 27.4 Å². The molecule has 1 radical (unpaired) electrons. The second-order valence-electron chi connectivity index (χ2n) is 12.7. The summed E-state index contributed by atoms with van der Waals surface area (Å²) in [7, 11) is 1.55. The minimum absolute atomic E-state index is 0.00739. The zero-order valence-electron chi connectivity index (χ0n) is 30.3. The highest BCUT2D eigenvalue weighted by molar-refractivity contribution is 7.44. The van der Waals surface area contributed by atoms with Crippen molar-refractivity contribution in [3.8, 4) is 17.6 Å². The Bertz CT molecular complexity index is 1820. The molecule has 13 heteroatoms. The summed E-state index contributed by atoms with van der Waals surface area (Å²) in [5.41, 5.74) is 0.262. The van der Waals surface area contributed by atoms with Gasteiger partial charge in [0.1, 0.15) is 35.5 Å². The van der Waals surface area contributed by atoms with E-state index in [0.29, 0.717) is 11.5 Å². The third-order valence-corrected chi connectivity index (χ3v) is 10.8. The highest BCUT2D eigenvalue weighted by Gasteiger charge is 2.45. The van der Waals surface area contributed by atoms with Crippen LogP contribution >= 0.6 is 8.53 Å². The summed E-state index contributed by atoms with van der Waals surface area (Å²) in [5, 5.41) is 9.26. The molecule has 1 N–H and O–H groups in total. The normalized spacial score (nSPS) is 18.1. The molecule has 1 aliphatic heterocycles. The van der Waals surface area contributed by atoms with Crippen LogP contribution in [0, 0.1) is 17.8 Å². The van der Waals surface area contributed by atoms with Crippen molar-refractivity contribution in [1.82, 2.24) is 14.2 Å². The van der Waals surface area contributed by atoms with Gasteiger partial charge in [0.05, 0.1) is 39.9 Å². The van der Waals surface area contributed by atoms with Gasteiger partial charge in [-0.15, -0.1) is 0 Å². The molecule has 1 fully saturated rings. The number of aromatic nitrogens is 2. The van der Waals surface area contributed by atoms with Crippen LogP contribution in [-0.4, -0.2) is 65.9 Å². The fourth-order valence-electron chi connectivity index (χ4n) is 6.29. The first-order valence-corrected chi connectivity index (χ1v) is 18.3. The van der Waals surface area contributed by atoms with E-state index in [0.717, 1.165) is 16.7 Å². The van der Waals surface area contributed by atoms with Gasteiger partial charge in [-0.1, -0.05) is 54.6 Å². The average Bonchev–Trinajstić information content (AvgIpc) is 3.54. The standard InChI is InChI=1S/C39H46N4O8P/c1-27(2)43(28(3)4)52(49-24-10-22-40)51-34-25-37(42-23-21-36(44)41-38(42)45)50-35(34)26-48-39(29-11-8-7-9-12-29,30-13-17-32(46-5)18-14-30)31-15-19-33(47-6)20-16-31/h7-9,11-21,23,25,27-28,34-35,37H,10,24,26H2,1-6H3,(H,41,44,45)/t34-,35-,37-,52?/m1/s1. The van der Waals surface area contributed by atoms with Gasteiger partial charge in [0.25, 0.3) is 14.1 Å². The summed E-state index contributed by atoms with van der Waals surface area (Å²) < 4.78 is 41.2. The lowest BCUT2D eigenvalue weighted by atomic mass is 9.80. The zero-order chi connectivity index (χ0) is 37.3. The van der Waals surface area contributed by atoms with Crippen molar-refractivity contribution in [1.29, 1.82) is 5.26 Å². The van der Waals surface area contributed by atoms with Crippen LogP contribution in [0.1, 0.15) is 57.0 Å². The van der Waals surface area contributed by atoms with E-state index in [1.807, 2.05) is 78.9 Å². The van der Waals surface area contributed by atoms with E-state index in [-0.39, 0.29) is 31.7 Å². The van der Waals surface area contributed by atoms with E-state index in [4.69, 9.17) is 28.0 Å². The number of aromatic amines is 1. The highest BCUT2D eigenvalue weighted by Crippen LogP contribution is 2.50. The first kappa shape index (κ1) is 38.9. The molecule has 0 bridgehead atoms. The van der Waals surface area contributed by atoms with Crippen LogP contribution in [0.15, 0.2) is 101 Å². The largest absolute Gasteiger partial charge is 0.497 e. The monoisotopic (exact) mass is 729 g/mol. The lowest BCUT2D eigenvalue weighted by Crippen LogP contribution is -2.39. The van der Waals surface area contributed by atoms with Gasteiger partial charge in [0.15, 0.2) is 0 Å². The van der Waals surface area contributed by atoms with Gasteiger partial charge in [-0.2, -0.15) is 5.26 Å². The molecule has 4 aromatic rings. The van der Waals surface area contributed by atoms with E-state index in [1.54, 1.807) is 20.6 Å². The molecular weight excluding hydrogens is 683 g/mol. The van der Waals surface area contributed by atoms with Gasteiger partial charge < -0.3 is 28.0 Å². The third kappa shape index (κ3) is 8.81. The molecule has 275 valence electrons. The number of benzene rings is 3. The molecule has 5 rings (SSSR count). The second-order valence-corrected chi connectivity index (χ2v) is 14.1. The Morgan fingerprint density at radius 1 is 0.885 bits per heavy atom. The molecule has 1 aliphatic rings. The minimum Gasteiger partial charge on any atom is -0.497 e. The molecule has 0 saturated carbocycles. The summed E-state index contributed by atoms with van der Waals surface area (Å²) in [6, 6.07) is 28.9. The summed E-state index contributed by atoms with van der Waals surface area (Å²) in [6.45, 7) is 8.42. The molecule has 12 nitrogen and oxygen atoms in total.